The molecule has 280 valence electrons. The van der Waals surface area contributed by atoms with Crippen LogP contribution in [0.2, 0.25) is 0 Å². The number of aryl methyl sites for hydroxylation is 3. The van der Waals surface area contributed by atoms with Crippen molar-refractivity contribution in [3.63, 3.8) is 0 Å². The van der Waals surface area contributed by atoms with E-state index < -0.39 is 0 Å². The summed E-state index contributed by atoms with van der Waals surface area (Å²) in [6.07, 6.45) is 2.41. The lowest BCUT2D eigenvalue weighted by Gasteiger charge is -2.45. The van der Waals surface area contributed by atoms with Crippen LogP contribution in [0.1, 0.15) is 121 Å². The summed E-state index contributed by atoms with van der Waals surface area (Å²) in [6, 6.07) is 34.1. The largest absolute Gasteiger partial charge is 0.311 e. The molecule has 5 aromatic carbocycles. The van der Waals surface area contributed by atoms with Gasteiger partial charge in [0.15, 0.2) is 0 Å². The van der Waals surface area contributed by atoms with Crippen molar-refractivity contribution in [1.29, 1.82) is 0 Å². The molecule has 0 radical (unpaired) electrons. The van der Waals surface area contributed by atoms with Crippen LogP contribution in [0.4, 0.5) is 34.1 Å². The molecule has 0 N–H and O–H groups in total. The Hall–Kier alpha value is -4.28. The van der Waals surface area contributed by atoms with Crippen molar-refractivity contribution in [2.24, 2.45) is 0 Å². The van der Waals surface area contributed by atoms with Gasteiger partial charge >= 0.3 is 0 Å². The molecule has 0 amide bonds. The molecule has 0 fully saturated rings. The minimum atomic E-state index is 0.0159. The summed E-state index contributed by atoms with van der Waals surface area (Å²) in [7, 11) is 0. The molecule has 1 aliphatic carbocycles. The molecular weight excluding hydrogens is 683 g/mol. The lowest BCUT2D eigenvalue weighted by atomic mass is 9.36. The number of anilines is 6. The minimum Gasteiger partial charge on any atom is -0.311 e. The summed E-state index contributed by atoms with van der Waals surface area (Å²) in [4.78, 5) is 5.25. The smallest absolute Gasteiger partial charge is 0.264 e. The molecule has 4 heteroatoms. The van der Waals surface area contributed by atoms with E-state index in [4.69, 9.17) is 0 Å². The van der Waals surface area contributed by atoms with Crippen molar-refractivity contribution in [1.82, 2.24) is 0 Å². The van der Waals surface area contributed by atoms with Crippen molar-refractivity contribution in [3.8, 4) is 0 Å². The van der Waals surface area contributed by atoms with Crippen LogP contribution in [0.25, 0.3) is 10.1 Å². The highest BCUT2D eigenvalue weighted by atomic mass is 32.1. The van der Waals surface area contributed by atoms with Gasteiger partial charge in [0, 0.05) is 43.3 Å². The molecule has 6 aromatic rings. The standard InChI is InChI=1S/C51H57BN2S/c1-30-22-31(2)24-36(23-30)54-43-26-32(3)25-42-45(43)52(47-46(54)37-17-14-34(49(7,8)9)28-44(37)55-47)40-27-33(48(4,5)6)15-19-41(40)53(42)35-16-18-38-39(29-35)51(12,13)21-20-50(38,10)11/h14-19,22-29H,20-21H2,1-13H3. The lowest BCUT2D eigenvalue weighted by Crippen LogP contribution is -2.60. The van der Waals surface area contributed by atoms with Gasteiger partial charge in [0.1, 0.15) is 0 Å². The molecular formula is C51H57BN2S. The number of rotatable bonds is 2. The van der Waals surface area contributed by atoms with Crippen LogP contribution in [0.3, 0.4) is 0 Å². The maximum Gasteiger partial charge on any atom is 0.264 e. The van der Waals surface area contributed by atoms with Crippen LogP contribution < -0.4 is 25.5 Å². The first-order valence-electron chi connectivity index (χ1n) is 20.4. The summed E-state index contributed by atoms with van der Waals surface area (Å²) in [5.74, 6) is 0. The average molecular weight is 741 g/mol. The monoisotopic (exact) mass is 740 g/mol. The first-order valence-corrected chi connectivity index (χ1v) is 21.2. The lowest BCUT2D eigenvalue weighted by molar-refractivity contribution is 0.332. The molecule has 0 atom stereocenters. The number of benzene rings is 5. The summed E-state index contributed by atoms with van der Waals surface area (Å²) in [6.45, 7) is 30.7. The third kappa shape index (κ3) is 5.64. The van der Waals surface area contributed by atoms with E-state index in [1.165, 1.54) is 112 Å². The van der Waals surface area contributed by atoms with Gasteiger partial charge in [-0.3, -0.25) is 0 Å². The third-order valence-corrected chi connectivity index (χ3v) is 14.3. The minimum absolute atomic E-state index is 0.0159. The molecule has 3 aliphatic rings. The van der Waals surface area contributed by atoms with Crippen LogP contribution in [-0.4, -0.2) is 6.71 Å². The SMILES string of the molecule is Cc1cc(C)cc(N2c3cc(C)cc4c3B(c3cc(C(C)(C)C)ccc3N4c3ccc4c(c3)C(C)(C)CCC4(C)C)c3sc4cc(C(C)(C)C)ccc4c32)c1. The Bertz CT molecular complexity index is 2550. The zero-order chi connectivity index (χ0) is 39.1. The maximum absolute atomic E-state index is 2.63. The van der Waals surface area contributed by atoms with Gasteiger partial charge in [0.25, 0.3) is 6.71 Å². The number of hydrogen-bond acceptors (Lipinski definition) is 3. The molecule has 9 rings (SSSR count). The van der Waals surface area contributed by atoms with Gasteiger partial charge in [-0.1, -0.05) is 106 Å². The van der Waals surface area contributed by atoms with E-state index in [-0.39, 0.29) is 28.4 Å². The van der Waals surface area contributed by atoms with Crippen LogP contribution in [0.5, 0.6) is 0 Å². The van der Waals surface area contributed by atoms with Gasteiger partial charge < -0.3 is 9.80 Å². The Morgan fingerprint density at radius 1 is 0.564 bits per heavy atom. The van der Waals surface area contributed by atoms with Crippen molar-refractivity contribution in [3.05, 3.63) is 124 Å². The topological polar surface area (TPSA) is 6.48 Å². The predicted molar refractivity (Wildman–Crippen MR) is 243 cm³/mol. The molecule has 0 unspecified atom stereocenters. The Kier molecular flexibility index (Phi) is 7.85. The van der Waals surface area contributed by atoms with Gasteiger partial charge in [-0.25, -0.2) is 0 Å². The van der Waals surface area contributed by atoms with Crippen LogP contribution in [0.15, 0.2) is 84.9 Å². The van der Waals surface area contributed by atoms with E-state index in [9.17, 15) is 0 Å². The van der Waals surface area contributed by atoms with E-state index in [2.05, 4.69) is 185 Å². The number of nitrogens with zero attached hydrogens (tertiary/aromatic N) is 2. The Balaban J connectivity index is 1.40. The zero-order valence-corrected chi connectivity index (χ0v) is 36.2. The fourth-order valence-electron chi connectivity index (χ4n) is 9.90. The van der Waals surface area contributed by atoms with Gasteiger partial charge in [-0.2, -0.15) is 0 Å². The Morgan fingerprint density at radius 2 is 1.15 bits per heavy atom. The van der Waals surface area contributed by atoms with Gasteiger partial charge in [0.2, 0.25) is 0 Å². The van der Waals surface area contributed by atoms with E-state index in [1.807, 2.05) is 11.3 Å². The molecule has 0 saturated heterocycles. The molecule has 0 bridgehead atoms. The number of hydrogen-bond donors (Lipinski definition) is 0. The van der Waals surface area contributed by atoms with Crippen LogP contribution in [0, 0.1) is 20.8 Å². The maximum atomic E-state index is 2.63. The molecule has 0 saturated carbocycles. The van der Waals surface area contributed by atoms with E-state index >= 15 is 0 Å². The van der Waals surface area contributed by atoms with Crippen molar-refractivity contribution < 1.29 is 0 Å². The van der Waals surface area contributed by atoms with Crippen LogP contribution in [-0.2, 0) is 21.7 Å². The first-order chi connectivity index (χ1) is 25.7. The highest BCUT2D eigenvalue weighted by Crippen LogP contribution is 2.51. The van der Waals surface area contributed by atoms with Gasteiger partial charge in [-0.05, 0) is 154 Å². The van der Waals surface area contributed by atoms with E-state index in [1.54, 1.807) is 0 Å². The summed E-state index contributed by atoms with van der Waals surface area (Å²) < 4.78 is 2.81. The third-order valence-electron chi connectivity index (χ3n) is 13.1. The number of thiophene rings is 1. The molecule has 1 aromatic heterocycles. The van der Waals surface area contributed by atoms with Gasteiger partial charge in [-0.15, -0.1) is 11.3 Å². The second-order valence-corrected chi connectivity index (χ2v) is 21.5. The Morgan fingerprint density at radius 3 is 1.80 bits per heavy atom. The van der Waals surface area contributed by atoms with Crippen molar-refractivity contribution >= 4 is 78.0 Å². The summed E-state index contributed by atoms with van der Waals surface area (Å²) in [5.41, 5.74) is 20.5. The second kappa shape index (κ2) is 11.9. The molecule has 0 spiro atoms. The Labute approximate surface area is 334 Å². The zero-order valence-electron chi connectivity index (χ0n) is 35.4. The highest BCUT2D eigenvalue weighted by molar-refractivity contribution is 7.33. The highest BCUT2D eigenvalue weighted by Gasteiger charge is 2.46. The molecule has 3 heterocycles. The normalized spacial score (nSPS) is 16.9. The second-order valence-electron chi connectivity index (χ2n) is 20.5. The fourth-order valence-corrected chi connectivity index (χ4v) is 11.3. The number of fused-ring (bicyclic) bond motifs is 7. The van der Waals surface area contributed by atoms with Crippen LogP contribution >= 0.6 is 11.3 Å². The van der Waals surface area contributed by atoms with Gasteiger partial charge in [0.05, 0.1) is 5.69 Å². The summed E-state index contributed by atoms with van der Waals surface area (Å²) >= 11 is 2.01. The fraction of sp³-hybridized carbons (Fsp3) is 0.373. The van der Waals surface area contributed by atoms with E-state index in [0.29, 0.717) is 0 Å². The van der Waals surface area contributed by atoms with Crippen molar-refractivity contribution in [2.75, 3.05) is 9.80 Å². The molecule has 2 nitrogen and oxygen atoms in total. The first kappa shape index (κ1) is 36.4. The molecule has 55 heavy (non-hydrogen) atoms. The quantitative estimate of drug-likeness (QED) is 0.163. The van der Waals surface area contributed by atoms with Crippen molar-refractivity contribution in [2.45, 2.75) is 125 Å². The summed E-state index contributed by atoms with van der Waals surface area (Å²) in [5, 5.41) is 1.34. The average Bonchev–Trinajstić information content (AvgIpc) is 3.47. The van der Waals surface area contributed by atoms with E-state index in [0.717, 1.165) is 0 Å². The predicted octanol–water partition coefficient (Wildman–Crippen LogP) is 12.9. The molecule has 2 aliphatic heterocycles.